The number of hydrogen-bond acceptors (Lipinski definition) is 2. The quantitative estimate of drug-likeness (QED) is 0.811. The summed E-state index contributed by atoms with van der Waals surface area (Å²) in [5.41, 5.74) is 2.12. The Kier molecular flexibility index (Phi) is 3.80. The molecule has 16 heavy (non-hydrogen) atoms. The van der Waals surface area contributed by atoms with Gasteiger partial charge in [-0.2, -0.15) is 0 Å². The van der Waals surface area contributed by atoms with Gasteiger partial charge < -0.3 is 4.98 Å². The third-order valence-corrected chi connectivity index (χ3v) is 2.83. The number of imidazole rings is 1. The number of alkyl halides is 1. The van der Waals surface area contributed by atoms with Crippen molar-refractivity contribution in [2.24, 2.45) is 0 Å². The number of aromatic amines is 1. The molecule has 86 valence electrons. The first-order valence-electron chi connectivity index (χ1n) is 5.55. The number of nitrogens with zero attached hydrogens (tertiary/aromatic N) is 2. The van der Waals surface area contributed by atoms with E-state index in [0.717, 1.165) is 36.5 Å². The predicted octanol–water partition coefficient (Wildman–Crippen LogP) is 2.62. The fourth-order valence-electron chi connectivity index (χ4n) is 1.76. The van der Waals surface area contributed by atoms with E-state index in [0.29, 0.717) is 5.88 Å². The van der Waals surface area contributed by atoms with Crippen LogP contribution in [-0.4, -0.2) is 33.8 Å². The smallest absolute Gasteiger partial charge is 0.121 e. The van der Waals surface area contributed by atoms with E-state index in [1.54, 1.807) is 0 Å². The number of halogens is 1. The van der Waals surface area contributed by atoms with Crippen molar-refractivity contribution in [3.05, 3.63) is 30.1 Å². The molecule has 0 aliphatic rings. The zero-order chi connectivity index (χ0) is 11.4. The Labute approximate surface area is 100 Å². The minimum atomic E-state index is 0.661. The maximum Gasteiger partial charge on any atom is 0.121 e. The number of H-pyrrole nitrogens is 1. The molecule has 1 heterocycles. The Morgan fingerprint density at radius 1 is 1.38 bits per heavy atom. The van der Waals surface area contributed by atoms with Crippen LogP contribution >= 0.6 is 11.6 Å². The second kappa shape index (κ2) is 5.32. The first-order chi connectivity index (χ1) is 7.83. The molecule has 0 amide bonds. The molecule has 0 saturated heterocycles. The molecule has 3 nitrogen and oxygen atoms in total. The number of hydrogen-bond donors (Lipinski definition) is 1. The van der Waals surface area contributed by atoms with E-state index in [1.807, 2.05) is 24.3 Å². The Morgan fingerprint density at radius 3 is 2.88 bits per heavy atom. The van der Waals surface area contributed by atoms with Gasteiger partial charge in [-0.15, -0.1) is 11.6 Å². The monoisotopic (exact) mass is 237 g/mol. The lowest BCUT2D eigenvalue weighted by Crippen LogP contribution is -2.25. The summed E-state index contributed by atoms with van der Waals surface area (Å²) >= 11 is 5.75. The molecule has 0 bridgehead atoms. The standard InChI is InChI=1S/C12H16ClN3/c1-2-16(8-7-13)9-12-14-10-5-3-4-6-11(10)15-12/h3-6H,2,7-9H2,1H3,(H,14,15). The minimum Gasteiger partial charge on any atom is -0.341 e. The van der Waals surface area contributed by atoms with Gasteiger partial charge in [-0.1, -0.05) is 19.1 Å². The molecule has 0 spiro atoms. The van der Waals surface area contributed by atoms with Crippen molar-refractivity contribution in [3.8, 4) is 0 Å². The van der Waals surface area contributed by atoms with Gasteiger partial charge in [-0.3, -0.25) is 4.90 Å². The van der Waals surface area contributed by atoms with Crippen LogP contribution in [0.15, 0.2) is 24.3 Å². The van der Waals surface area contributed by atoms with E-state index in [4.69, 9.17) is 11.6 Å². The Balaban J connectivity index is 2.14. The van der Waals surface area contributed by atoms with Gasteiger partial charge in [0.1, 0.15) is 5.82 Å². The highest BCUT2D eigenvalue weighted by Gasteiger charge is 2.06. The topological polar surface area (TPSA) is 31.9 Å². The van der Waals surface area contributed by atoms with Gasteiger partial charge in [0, 0.05) is 12.4 Å². The van der Waals surface area contributed by atoms with Crippen molar-refractivity contribution < 1.29 is 0 Å². The van der Waals surface area contributed by atoms with Crippen LogP contribution in [0, 0.1) is 0 Å². The van der Waals surface area contributed by atoms with Gasteiger partial charge in [0.25, 0.3) is 0 Å². The summed E-state index contributed by atoms with van der Waals surface area (Å²) in [4.78, 5) is 10.1. The number of rotatable bonds is 5. The Bertz CT molecular complexity index is 419. The highest BCUT2D eigenvalue weighted by atomic mass is 35.5. The maximum atomic E-state index is 5.75. The molecule has 0 radical (unpaired) electrons. The maximum absolute atomic E-state index is 5.75. The molecule has 0 atom stereocenters. The van der Waals surface area contributed by atoms with Crippen LogP contribution in [-0.2, 0) is 6.54 Å². The molecule has 0 aliphatic carbocycles. The number of benzene rings is 1. The van der Waals surface area contributed by atoms with Crippen LogP contribution in [0.25, 0.3) is 11.0 Å². The highest BCUT2D eigenvalue weighted by Crippen LogP contribution is 2.11. The van der Waals surface area contributed by atoms with Crippen molar-refractivity contribution in [2.45, 2.75) is 13.5 Å². The van der Waals surface area contributed by atoms with Crippen LogP contribution in [0.1, 0.15) is 12.7 Å². The summed E-state index contributed by atoms with van der Waals surface area (Å²) in [5.74, 6) is 1.67. The van der Waals surface area contributed by atoms with Gasteiger partial charge in [0.05, 0.1) is 17.6 Å². The van der Waals surface area contributed by atoms with Crippen molar-refractivity contribution in [1.29, 1.82) is 0 Å². The summed E-state index contributed by atoms with van der Waals surface area (Å²) in [6, 6.07) is 8.08. The largest absolute Gasteiger partial charge is 0.341 e. The summed E-state index contributed by atoms with van der Waals surface area (Å²) < 4.78 is 0. The normalized spacial score (nSPS) is 11.4. The van der Waals surface area contributed by atoms with E-state index >= 15 is 0 Å². The van der Waals surface area contributed by atoms with Crippen LogP contribution < -0.4 is 0 Å². The molecular weight excluding hydrogens is 222 g/mol. The molecule has 0 unspecified atom stereocenters. The number of aromatic nitrogens is 2. The van der Waals surface area contributed by atoms with Gasteiger partial charge in [-0.05, 0) is 18.7 Å². The van der Waals surface area contributed by atoms with Crippen molar-refractivity contribution >= 4 is 22.6 Å². The second-order valence-electron chi connectivity index (χ2n) is 3.76. The zero-order valence-corrected chi connectivity index (χ0v) is 10.2. The van der Waals surface area contributed by atoms with Crippen LogP contribution in [0.2, 0.25) is 0 Å². The third-order valence-electron chi connectivity index (χ3n) is 2.66. The van der Waals surface area contributed by atoms with Crippen LogP contribution in [0.5, 0.6) is 0 Å². The van der Waals surface area contributed by atoms with E-state index in [1.165, 1.54) is 0 Å². The summed E-state index contributed by atoms with van der Waals surface area (Å²) in [6.45, 7) is 4.85. The average Bonchev–Trinajstić information content (AvgIpc) is 2.70. The van der Waals surface area contributed by atoms with Gasteiger partial charge >= 0.3 is 0 Å². The zero-order valence-electron chi connectivity index (χ0n) is 9.41. The van der Waals surface area contributed by atoms with Crippen molar-refractivity contribution in [3.63, 3.8) is 0 Å². The third kappa shape index (κ3) is 2.54. The predicted molar refractivity (Wildman–Crippen MR) is 67.8 cm³/mol. The molecule has 2 aromatic rings. The lowest BCUT2D eigenvalue weighted by Gasteiger charge is -2.16. The molecule has 1 aromatic heterocycles. The molecule has 0 fully saturated rings. The van der Waals surface area contributed by atoms with Crippen molar-refractivity contribution in [1.82, 2.24) is 14.9 Å². The van der Waals surface area contributed by atoms with Crippen molar-refractivity contribution in [2.75, 3.05) is 19.0 Å². The van der Waals surface area contributed by atoms with Gasteiger partial charge in [0.15, 0.2) is 0 Å². The highest BCUT2D eigenvalue weighted by molar-refractivity contribution is 6.18. The van der Waals surface area contributed by atoms with Gasteiger partial charge in [-0.25, -0.2) is 4.98 Å². The molecule has 1 N–H and O–H groups in total. The first kappa shape index (κ1) is 11.4. The first-order valence-corrected chi connectivity index (χ1v) is 6.09. The summed E-state index contributed by atoms with van der Waals surface area (Å²) in [7, 11) is 0. The molecule has 2 rings (SSSR count). The molecule has 1 aromatic carbocycles. The van der Waals surface area contributed by atoms with Crippen LogP contribution in [0.3, 0.4) is 0 Å². The fourth-order valence-corrected chi connectivity index (χ4v) is 2.00. The van der Waals surface area contributed by atoms with E-state index < -0.39 is 0 Å². The summed E-state index contributed by atoms with van der Waals surface area (Å²) in [5, 5.41) is 0. The molecular formula is C12H16ClN3. The lowest BCUT2D eigenvalue weighted by molar-refractivity contribution is 0.291. The van der Waals surface area contributed by atoms with Gasteiger partial charge in [0.2, 0.25) is 0 Å². The number of para-hydroxylation sites is 2. The lowest BCUT2D eigenvalue weighted by atomic mass is 10.3. The van der Waals surface area contributed by atoms with Crippen LogP contribution in [0.4, 0.5) is 0 Å². The second-order valence-corrected chi connectivity index (χ2v) is 4.14. The van der Waals surface area contributed by atoms with E-state index in [-0.39, 0.29) is 0 Å². The molecule has 0 aliphatic heterocycles. The molecule has 0 saturated carbocycles. The minimum absolute atomic E-state index is 0.661. The Hall–Kier alpha value is -1.06. The number of nitrogens with one attached hydrogen (secondary N) is 1. The van der Waals surface area contributed by atoms with E-state index in [2.05, 4.69) is 21.8 Å². The number of fused-ring (bicyclic) bond motifs is 1. The Morgan fingerprint density at radius 2 is 2.19 bits per heavy atom. The summed E-state index contributed by atoms with van der Waals surface area (Å²) in [6.07, 6.45) is 0. The average molecular weight is 238 g/mol. The SMILES string of the molecule is CCN(CCCl)Cc1nc2ccccc2[nH]1. The molecule has 4 heteroatoms. The van der Waals surface area contributed by atoms with E-state index in [9.17, 15) is 0 Å². The fraction of sp³-hybridized carbons (Fsp3) is 0.417.